The molecule has 0 aliphatic carbocycles. The molecular formula is C18H27NO4S. The molecule has 3 atom stereocenters. The Morgan fingerprint density at radius 1 is 1.29 bits per heavy atom. The van der Waals surface area contributed by atoms with Crippen molar-refractivity contribution in [1.29, 1.82) is 0 Å². The molecule has 1 aromatic carbocycles. The van der Waals surface area contributed by atoms with E-state index >= 15 is 0 Å². The zero-order valence-electron chi connectivity index (χ0n) is 14.5. The highest BCUT2D eigenvalue weighted by atomic mass is 32.1. The SMILES string of the molecule is CCCCC(C(=O)N[C@@H](Cc1ccc(OC)cc1)C(=O)O)C(C)S. The average molecular weight is 353 g/mol. The van der Waals surface area contributed by atoms with Crippen LogP contribution in [0.1, 0.15) is 38.7 Å². The smallest absolute Gasteiger partial charge is 0.326 e. The van der Waals surface area contributed by atoms with E-state index in [2.05, 4.69) is 24.9 Å². The third-order valence-corrected chi connectivity index (χ3v) is 4.36. The summed E-state index contributed by atoms with van der Waals surface area (Å²) in [6.45, 7) is 3.92. The van der Waals surface area contributed by atoms with Crippen molar-refractivity contribution in [3.8, 4) is 5.75 Å². The highest BCUT2D eigenvalue weighted by Gasteiger charge is 2.27. The minimum absolute atomic E-state index is 0.119. The van der Waals surface area contributed by atoms with Crippen LogP contribution in [0.4, 0.5) is 0 Å². The number of aliphatic carboxylic acids is 1. The first kappa shape index (κ1) is 20.4. The van der Waals surface area contributed by atoms with E-state index < -0.39 is 12.0 Å². The van der Waals surface area contributed by atoms with E-state index in [1.807, 2.05) is 6.92 Å². The van der Waals surface area contributed by atoms with Crippen molar-refractivity contribution in [3.05, 3.63) is 29.8 Å². The van der Waals surface area contributed by atoms with Crippen LogP contribution in [0.25, 0.3) is 0 Å². The van der Waals surface area contributed by atoms with Gasteiger partial charge in [0.2, 0.25) is 5.91 Å². The predicted octanol–water partition coefficient (Wildman–Crippen LogP) is 2.93. The van der Waals surface area contributed by atoms with Crippen LogP contribution in [0, 0.1) is 5.92 Å². The Morgan fingerprint density at radius 2 is 1.92 bits per heavy atom. The molecule has 0 bridgehead atoms. The molecule has 0 saturated carbocycles. The number of thiol groups is 1. The van der Waals surface area contributed by atoms with Gasteiger partial charge in [0.05, 0.1) is 7.11 Å². The summed E-state index contributed by atoms with van der Waals surface area (Å²) in [5, 5.41) is 12.0. The molecule has 6 heteroatoms. The topological polar surface area (TPSA) is 75.6 Å². The second-order valence-electron chi connectivity index (χ2n) is 5.94. The van der Waals surface area contributed by atoms with Crippen molar-refractivity contribution in [1.82, 2.24) is 5.32 Å². The van der Waals surface area contributed by atoms with Gasteiger partial charge in [0.15, 0.2) is 0 Å². The first-order valence-corrected chi connectivity index (χ1v) is 8.74. The molecule has 0 saturated heterocycles. The molecule has 24 heavy (non-hydrogen) atoms. The molecule has 1 amide bonds. The number of carbonyl (C=O) groups is 2. The lowest BCUT2D eigenvalue weighted by molar-refractivity contribution is -0.142. The minimum Gasteiger partial charge on any atom is -0.497 e. The van der Waals surface area contributed by atoms with Gasteiger partial charge in [-0.25, -0.2) is 4.79 Å². The monoisotopic (exact) mass is 353 g/mol. The van der Waals surface area contributed by atoms with Crippen LogP contribution < -0.4 is 10.1 Å². The number of unbranched alkanes of at least 4 members (excludes halogenated alkanes) is 1. The van der Waals surface area contributed by atoms with E-state index in [4.69, 9.17) is 4.74 Å². The normalized spacial score (nSPS) is 14.5. The number of rotatable bonds is 10. The maximum atomic E-state index is 12.5. The Balaban J connectivity index is 2.76. The van der Waals surface area contributed by atoms with Crippen LogP contribution in [0.15, 0.2) is 24.3 Å². The Morgan fingerprint density at radius 3 is 2.38 bits per heavy atom. The number of amides is 1. The summed E-state index contributed by atoms with van der Waals surface area (Å²) in [6.07, 6.45) is 2.84. The van der Waals surface area contributed by atoms with Crippen molar-refractivity contribution in [2.24, 2.45) is 5.92 Å². The number of benzene rings is 1. The number of nitrogens with one attached hydrogen (secondary N) is 1. The van der Waals surface area contributed by atoms with Crippen LogP contribution in [-0.2, 0) is 16.0 Å². The van der Waals surface area contributed by atoms with E-state index in [9.17, 15) is 14.7 Å². The van der Waals surface area contributed by atoms with Crippen LogP contribution in [0.3, 0.4) is 0 Å². The fourth-order valence-corrected chi connectivity index (χ4v) is 2.78. The van der Waals surface area contributed by atoms with Gasteiger partial charge in [0.25, 0.3) is 0 Å². The summed E-state index contributed by atoms with van der Waals surface area (Å²) in [5.74, 6) is -0.865. The molecule has 1 rings (SSSR count). The van der Waals surface area contributed by atoms with E-state index in [0.717, 1.165) is 18.4 Å². The zero-order chi connectivity index (χ0) is 18.1. The lowest BCUT2D eigenvalue weighted by Crippen LogP contribution is -2.46. The second kappa shape index (κ2) is 10.2. The summed E-state index contributed by atoms with van der Waals surface area (Å²) < 4.78 is 5.09. The number of hydrogen-bond donors (Lipinski definition) is 3. The van der Waals surface area contributed by atoms with E-state index in [1.165, 1.54) is 0 Å². The summed E-state index contributed by atoms with van der Waals surface area (Å²) >= 11 is 4.38. The molecule has 1 aromatic rings. The predicted molar refractivity (Wildman–Crippen MR) is 97.7 cm³/mol. The van der Waals surface area contributed by atoms with Crippen molar-refractivity contribution in [3.63, 3.8) is 0 Å². The molecule has 0 fully saturated rings. The number of carboxylic acid groups (broad SMARTS) is 1. The van der Waals surface area contributed by atoms with Gasteiger partial charge in [-0.15, -0.1) is 0 Å². The van der Waals surface area contributed by atoms with Crippen LogP contribution in [0.5, 0.6) is 5.75 Å². The van der Waals surface area contributed by atoms with E-state index in [-0.39, 0.29) is 23.5 Å². The summed E-state index contributed by atoms with van der Waals surface area (Å²) in [5.41, 5.74) is 0.826. The third kappa shape index (κ3) is 6.43. The van der Waals surface area contributed by atoms with Crippen molar-refractivity contribution in [2.45, 2.75) is 50.8 Å². The van der Waals surface area contributed by atoms with Gasteiger partial charge >= 0.3 is 5.97 Å². The van der Waals surface area contributed by atoms with Crippen molar-refractivity contribution in [2.75, 3.05) is 7.11 Å². The minimum atomic E-state index is -1.04. The summed E-state index contributed by atoms with van der Waals surface area (Å²) in [4.78, 5) is 24.0. The summed E-state index contributed by atoms with van der Waals surface area (Å²) in [7, 11) is 1.57. The molecule has 0 aromatic heterocycles. The van der Waals surface area contributed by atoms with Gasteiger partial charge < -0.3 is 15.2 Å². The fourth-order valence-electron chi connectivity index (χ4n) is 2.49. The largest absolute Gasteiger partial charge is 0.497 e. The molecule has 0 aliphatic rings. The molecular weight excluding hydrogens is 326 g/mol. The van der Waals surface area contributed by atoms with Gasteiger partial charge in [-0.2, -0.15) is 12.6 Å². The summed E-state index contributed by atoms with van der Waals surface area (Å²) in [6, 6.07) is 6.20. The number of carboxylic acids is 1. The third-order valence-electron chi connectivity index (χ3n) is 4.00. The van der Waals surface area contributed by atoms with E-state index in [1.54, 1.807) is 31.4 Å². The van der Waals surface area contributed by atoms with Crippen LogP contribution >= 0.6 is 12.6 Å². The Hall–Kier alpha value is -1.69. The molecule has 2 unspecified atom stereocenters. The van der Waals surface area contributed by atoms with Gasteiger partial charge in [-0.05, 0) is 24.1 Å². The maximum absolute atomic E-state index is 12.5. The Bertz CT molecular complexity index is 530. The van der Waals surface area contributed by atoms with Gasteiger partial charge in [-0.3, -0.25) is 4.79 Å². The molecule has 0 heterocycles. The van der Waals surface area contributed by atoms with Crippen molar-refractivity contribution < 1.29 is 19.4 Å². The molecule has 2 N–H and O–H groups in total. The fraction of sp³-hybridized carbons (Fsp3) is 0.556. The number of methoxy groups -OCH3 is 1. The number of hydrogen-bond acceptors (Lipinski definition) is 4. The standard InChI is InChI=1S/C18H27NO4S/c1-4-5-6-15(12(2)24)17(20)19-16(18(21)22)11-13-7-9-14(23-3)10-8-13/h7-10,12,15-16,24H,4-6,11H2,1-3H3,(H,19,20)(H,21,22)/t12?,15?,16-/m0/s1. The molecule has 0 spiro atoms. The molecule has 5 nitrogen and oxygen atoms in total. The molecule has 134 valence electrons. The molecule has 0 radical (unpaired) electrons. The van der Waals surface area contributed by atoms with Crippen LogP contribution in [-0.4, -0.2) is 35.4 Å². The Labute approximate surface area is 149 Å². The highest BCUT2D eigenvalue weighted by molar-refractivity contribution is 7.81. The number of carbonyl (C=O) groups excluding carboxylic acids is 1. The Kier molecular flexibility index (Phi) is 8.68. The second-order valence-corrected chi connectivity index (χ2v) is 6.76. The first-order valence-electron chi connectivity index (χ1n) is 8.23. The lowest BCUT2D eigenvalue weighted by atomic mass is 9.97. The van der Waals surface area contributed by atoms with Gasteiger partial charge in [0, 0.05) is 17.6 Å². The van der Waals surface area contributed by atoms with Crippen LogP contribution in [0.2, 0.25) is 0 Å². The average Bonchev–Trinajstić information content (AvgIpc) is 2.54. The van der Waals surface area contributed by atoms with Gasteiger partial charge in [-0.1, -0.05) is 38.8 Å². The lowest BCUT2D eigenvalue weighted by Gasteiger charge is -2.22. The van der Waals surface area contributed by atoms with Crippen molar-refractivity contribution >= 4 is 24.5 Å². The molecule has 0 aliphatic heterocycles. The van der Waals surface area contributed by atoms with Gasteiger partial charge in [0.1, 0.15) is 11.8 Å². The number of ether oxygens (including phenoxy) is 1. The van der Waals surface area contributed by atoms with E-state index in [0.29, 0.717) is 12.2 Å². The zero-order valence-corrected chi connectivity index (χ0v) is 15.4. The highest BCUT2D eigenvalue weighted by Crippen LogP contribution is 2.18. The maximum Gasteiger partial charge on any atom is 0.326 e. The first-order chi connectivity index (χ1) is 11.4. The quantitative estimate of drug-likeness (QED) is 0.565.